The van der Waals surface area contributed by atoms with Gasteiger partial charge >= 0.3 is 5.97 Å². The summed E-state index contributed by atoms with van der Waals surface area (Å²) in [6.45, 7) is 4.05. The lowest BCUT2D eigenvalue weighted by atomic mass is 10.2. The Morgan fingerprint density at radius 2 is 2.00 bits per heavy atom. The SMILES string of the molecule is Cc1ccc(/C=C/C(=O)OCc2csc(CC(=O)Nc3ccccc3C)n2)s1. The zero-order valence-corrected chi connectivity index (χ0v) is 17.2. The summed E-state index contributed by atoms with van der Waals surface area (Å²) in [4.78, 5) is 30.6. The summed E-state index contributed by atoms with van der Waals surface area (Å²) in [6.07, 6.45) is 3.33. The zero-order valence-electron chi connectivity index (χ0n) is 15.6. The lowest BCUT2D eigenvalue weighted by molar-refractivity contribution is -0.139. The molecule has 0 saturated heterocycles. The second-order valence-corrected chi connectivity index (χ2v) is 8.42. The van der Waals surface area contributed by atoms with Crippen LogP contribution in [0.25, 0.3) is 6.08 Å². The molecule has 0 aliphatic rings. The maximum absolute atomic E-state index is 12.2. The Bertz CT molecular complexity index is 1000. The minimum Gasteiger partial charge on any atom is -0.456 e. The molecular formula is C21H20N2O3S2. The summed E-state index contributed by atoms with van der Waals surface area (Å²) < 4.78 is 5.21. The van der Waals surface area contributed by atoms with Gasteiger partial charge in [-0.1, -0.05) is 18.2 Å². The number of thiazole rings is 1. The average molecular weight is 413 g/mol. The van der Waals surface area contributed by atoms with Gasteiger partial charge in [-0.05, 0) is 43.7 Å². The number of carbonyl (C=O) groups excluding carboxylic acids is 2. The number of aromatic nitrogens is 1. The van der Waals surface area contributed by atoms with E-state index in [0.29, 0.717) is 10.7 Å². The van der Waals surface area contributed by atoms with Crippen molar-refractivity contribution in [1.82, 2.24) is 4.98 Å². The third-order valence-electron chi connectivity index (χ3n) is 3.84. The molecule has 1 N–H and O–H groups in total. The summed E-state index contributed by atoms with van der Waals surface area (Å²) in [6, 6.07) is 11.6. The van der Waals surface area contributed by atoms with E-state index in [1.807, 2.05) is 50.2 Å². The Hall–Kier alpha value is -2.77. The Morgan fingerprint density at radius 3 is 2.75 bits per heavy atom. The minimum absolute atomic E-state index is 0.0859. The molecule has 28 heavy (non-hydrogen) atoms. The number of para-hydroxylation sites is 1. The third kappa shape index (κ3) is 5.87. The molecule has 144 valence electrons. The lowest BCUT2D eigenvalue weighted by Gasteiger charge is -2.06. The topological polar surface area (TPSA) is 68.3 Å². The van der Waals surface area contributed by atoms with Gasteiger partial charge in [-0.2, -0.15) is 0 Å². The number of esters is 1. The molecule has 1 amide bonds. The van der Waals surface area contributed by atoms with Gasteiger partial charge in [0.15, 0.2) is 0 Å². The molecule has 0 unspecified atom stereocenters. The highest BCUT2D eigenvalue weighted by Gasteiger charge is 2.10. The number of hydrogen-bond acceptors (Lipinski definition) is 6. The van der Waals surface area contributed by atoms with Crippen molar-refractivity contribution in [3.8, 4) is 0 Å². The van der Waals surface area contributed by atoms with Crippen LogP contribution in [0.1, 0.15) is 26.0 Å². The predicted octanol–water partition coefficient (Wildman–Crippen LogP) is 4.76. The van der Waals surface area contributed by atoms with E-state index < -0.39 is 5.97 Å². The number of aryl methyl sites for hydroxylation is 2. The first-order chi connectivity index (χ1) is 13.5. The van der Waals surface area contributed by atoms with Crippen molar-refractivity contribution in [2.45, 2.75) is 26.9 Å². The number of rotatable bonds is 7. The number of hydrogen-bond donors (Lipinski definition) is 1. The molecule has 0 saturated carbocycles. The van der Waals surface area contributed by atoms with Crippen molar-refractivity contribution in [1.29, 1.82) is 0 Å². The number of thiophene rings is 1. The van der Waals surface area contributed by atoms with Crippen LogP contribution >= 0.6 is 22.7 Å². The van der Waals surface area contributed by atoms with Crippen LogP contribution < -0.4 is 5.32 Å². The molecule has 0 fully saturated rings. The fourth-order valence-corrected chi connectivity index (χ4v) is 3.98. The molecule has 3 aromatic rings. The van der Waals surface area contributed by atoms with Gasteiger partial charge in [0.05, 0.1) is 12.1 Å². The molecule has 1 aromatic carbocycles. The molecule has 0 aliphatic heterocycles. The number of carbonyl (C=O) groups is 2. The normalized spacial score (nSPS) is 10.9. The first kappa shape index (κ1) is 20.0. The van der Waals surface area contributed by atoms with Crippen molar-refractivity contribution in [3.05, 3.63) is 73.9 Å². The summed E-state index contributed by atoms with van der Waals surface area (Å²) in [7, 11) is 0. The second kappa shape index (κ2) is 9.43. The summed E-state index contributed by atoms with van der Waals surface area (Å²) in [5.74, 6) is -0.542. The fraction of sp³-hybridized carbons (Fsp3) is 0.190. The summed E-state index contributed by atoms with van der Waals surface area (Å²) >= 11 is 2.99. The maximum atomic E-state index is 12.2. The smallest absolute Gasteiger partial charge is 0.331 e. The van der Waals surface area contributed by atoms with Crippen LogP contribution in [0.2, 0.25) is 0 Å². The van der Waals surface area contributed by atoms with Crippen LogP contribution in [0.15, 0.2) is 47.9 Å². The van der Waals surface area contributed by atoms with E-state index in [-0.39, 0.29) is 18.9 Å². The monoisotopic (exact) mass is 412 g/mol. The molecular weight excluding hydrogens is 392 g/mol. The first-order valence-electron chi connectivity index (χ1n) is 8.69. The van der Waals surface area contributed by atoms with Crippen molar-refractivity contribution < 1.29 is 14.3 Å². The van der Waals surface area contributed by atoms with E-state index in [0.717, 1.165) is 16.1 Å². The molecule has 0 radical (unpaired) electrons. The van der Waals surface area contributed by atoms with Gasteiger partial charge in [-0.3, -0.25) is 4.79 Å². The molecule has 0 atom stereocenters. The molecule has 0 spiro atoms. The average Bonchev–Trinajstić information content (AvgIpc) is 3.29. The van der Waals surface area contributed by atoms with Gasteiger partial charge in [0.25, 0.3) is 0 Å². The number of benzene rings is 1. The second-order valence-electron chi connectivity index (χ2n) is 6.16. The minimum atomic E-state index is -0.419. The number of nitrogens with one attached hydrogen (secondary N) is 1. The number of anilines is 1. The van der Waals surface area contributed by atoms with Gasteiger partial charge in [0, 0.05) is 26.9 Å². The van der Waals surface area contributed by atoms with Gasteiger partial charge in [-0.15, -0.1) is 22.7 Å². The standard InChI is InChI=1S/C21H20N2O3S2/c1-14-5-3-4-6-18(14)23-19(24)11-20-22-16(13-27-20)12-26-21(25)10-9-17-8-7-15(2)28-17/h3-10,13H,11-12H2,1-2H3,(H,23,24)/b10-9+. The first-order valence-corrected chi connectivity index (χ1v) is 10.4. The van der Waals surface area contributed by atoms with Crippen LogP contribution in [-0.4, -0.2) is 16.9 Å². The van der Waals surface area contributed by atoms with E-state index >= 15 is 0 Å². The van der Waals surface area contributed by atoms with Crippen molar-refractivity contribution >= 4 is 46.3 Å². The molecule has 3 rings (SSSR count). The fourth-order valence-electron chi connectivity index (χ4n) is 2.43. The van der Waals surface area contributed by atoms with Gasteiger partial charge in [0.1, 0.15) is 11.6 Å². The predicted molar refractivity (Wildman–Crippen MR) is 114 cm³/mol. The molecule has 2 aromatic heterocycles. The molecule has 0 bridgehead atoms. The molecule has 2 heterocycles. The molecule has 7 heteroatoms. The van der Waals surface area contributed by atoms with Gasteiger partial charge in [-0.25, -0.2) is 9.78 Å². The zero-order chi connectivity index (χ0) is 19.9. The van der Waals surface area contributed by atoms with E-state index in [4.69, 9.17) is 4.74 Å². The van der Waals surface area contributed by atoms with Gasteiger partial charge < -0.3 is 10.1 Å². The number of nitrogens with zero attached hydrogens (tertiary/aromatic N) is 1. The van der Waals surface area contributed by atoms with Gasteiger partial charge in [0.2, 0.25) is 5.91 Å². The highest BCUT2D eigenvalue weighted by atomic mass is 32.1. The Balaban J connectivity index is 1.47. The third-order valence-corrected chi connectivity index (χ3v) is 5.70. The lowest BCUT2D eigenvalue weighted by Crippen LogP contribution is -2.15. The highest BCUT2D eigenvalue weighted by molar-refractivity contribution is 7.12. The van der Waals surface area contributed by atoms with Crippen LogP contribution in [0.4, 0.5) is 5.69 Å². The Morgan fingerprint density at radius 1 is 1.18 bits per heavy atom. The molecule has 5 nitrogen and oxygen atoms in total. The van der Waals surface area contributed by atoms with E-state index in [1.165, 1.54) is 22.3 Å². The van der Waals surface area contributed by atoms with Crippen LogP contribution in [0.3, 0.4) is 0 Å². The van der Waals surface area contributed by atoms with Crippen LogP contribution in [0.5, 0.6) is 0 Å². The maximum Gasteiger partial charge on any atom is 0.331 e. The summed E-state index contributed by atoms with van der Waals surface area (Å²) in [5.41, 5.74) is 2.44. The van der Waals surface area contributed by atoms with Crippen LogP contribution in [0, 0.1) is 13.8 Å². The number of amides is 1. The quantitative estimate of drug-likeness (QED) is 0.449. The number of ether oxygens (including phenoxy) is 1. The molecule has 0 aliphatic carbocycles. The largest absolute Gasteiger partial charge is 0.456 e. The van der Waals surface area contributed by atoms with E-state index in [1.54, 1.807) is 22.8 Å². The summed E-state index contributed by atoms with van der Waals surface area (Å²) in [5, 5.41) is 5.37. The van der Waals surface area contributed by atoms with Crippen molar-refractivity contribution in [2.75, 3.05) is 5.32 Å². The van der Waals surface area contributed by atoms with Crippen molar-refractivity contribution in [2.24, 2.45) is 0 Å². The highest BCUT2D eigenvalue weighted by Crippen LogP contribution is 2.17. The van der Waals surface area contributed by atoms with Crippen molar-refractivity contribution in [3.63, 3.8) is 0 Å². The Labute approximate surface area is 171 Å². The Kier molecular flexibility index (Phi) is 6.73. The van der Waals surface area contributed by atoms with Crippen LogP contribution in [-0.2, 0) is 27.4 Å². The van der Waals surface area contributed by atoms with E-state index in [2.05, 4.69) is 10.3 Å². The van der Waals surface area contributed by atoms with E-state index in [9.17, 15) is 9.59 Å².